The molecule has 3 aromatic rings. The number of carbonyl (C=O) groups is 2. The van der Waals surface area contributed by atoms with E-state index in [0.29, 0.717) is 21.8 Å². The molecule has 2 amide bonds. The summed E-state index contributed by atoms with van der Waals surface area (Å²) in [4.78, 5) is 26.4. The molecular formula is C20H22ClN5O2. The number of halogens is 1. The minimum absolute atomic E-state index is 0.0718. The maximum absolute atomic E-state index is 12.7. The van der Waals surface area contributed by atoms with Gasteiger partial charge >= 0.3 is 0 Å². The van der Waals surface area contributed by atoms with Gasteiger partial charge in [0.15, 0.2) is 0 Å². The second kappa shape index (κ2) is 7.98. The second-order valence-corrected chi connectivity index (χ2v) is 7.44. The van der Waals surface area contributed by atoms with Crippen LogP contribution >= 0.6 is 11.6 Å². The molecule has 8 heteroatoms. The first-order valence-electron chi connectivity index (χ1n) is 8.92. The molecule has 0 spiro atoms. The number of aromatic nitrogens is 3. The second-order valence-electron chi connectivity index (χ2n) is 7.00. The van der Waals surface area contributed by atoms with Crippen LogP contribution in [0.1, 0.15) is 35.8 Å². The highest BCUT2D eigenvalue weighted by Crippen LogP contribution is 2.20. The van der Waals surface area contributed by atoms with Crippen molar-refractivity contribution < 1.29 is 9.59 Å². The lowest BCUT2D eigenvalue weighted by Gasteiger charge is -2.17. The Morgan fingerprint density at radius 3 is 2.64 bits per heavy atom. The lowest BCUT2D eigenvalue weighted by Crippen LogP contribution is -2.35. The summed E-state index contributed by atoms with van der Waals surface area (Å²) in [5, 5.41) is 11.7. The molecule has 0 bridgehead atoms. The largest absolute Gasteiger partial charge is 0.332 e. The summed E-state index contributed by atoms with van der Waals surface area (Å²) in [6, 6.07) is 10.6. The molecule has 3 rings (SSSR count). The summed E-state index contributed by atoms with van der Waals surface area (Å²) in [7, 11) is 1.59. The van der Waals surface area contributed by atoms with Crippen molar-refractivity contribution in [3.05, 3.63) is 52.5 Å². The highest BCUT2D eigenvalue weighted by Gasteiger charge is 2.17. The van der Waals surface area contributed by atoms with Gasteiger partial charge in [0.1, 0.15) is 5.52 Å². The summed E-state index contributed by atoms with van der Waals surface area (Å²) in [6.45, 7) is 5.82. The highest BCUT2D eigenvalue weighted by atomic mass is 35.5. The third kappa shape index (κ3) is 4.14. The molecule has 0 unspecified atom stereocenters. The molecule has 2 aromatic carbocycles. The Bertz CT molecular complexity index is 1040. The van der Waals surface area contributed by atoms with Crippen molar-refractivity contribution in [1.29, 1.82) is 0 Å². The van der Waals surface area contributed by atoms with E-state index in [1.807, 2.05) is 26.8 Å². The van der Waals surface area contributed by atoms with Crippen LogP contribution in [0.3, 0.4) is 0 Å². The molecule has 1 heterocycles. The van der Waals surface area contributed by atoms with E-state index in [2.05, 4.69) is 15.6 Å². The van der Waals surface area contributed by atoms with Crippen LogP contribution in [0.5, 0.6) is 0 Å². The van der Waals surface area contributed by atoms with Crippen LogP contribution < -0.4 is 5.32 Å². The zero-order chi connectivity index (χ0) is 20.4. The fourth-order valence-electron chi connectivity index (χ4n) is 2.92. The van der Waals surface area contributed by atoms with Crippen LogP contribution in [0.2, 0.25) is 5.02 Å². The summed E-state index contributed by atoms with van der Waals surface area (Å²) < 4.78 is 1.80. The summed E-state index contributed by atoms with van der Waals surface area (Å²) in [5.74, 6) is -0.544. The van der Waals surface area contributed by atoms with E-state index in [9.17, 15) is 9.59 Å². The Labute approximate surface area is 168 Å². The zero-order valence-electron chi connectivity index (χ0n) is 16.2. The standard InChI is InChI=1S/C20H22ClN5O2/c1-12(2)26-18-8-5-14(10-17(18)23-24-26)20(28)25(4)11-19(27)22-16-7-6-15(21)9-13(16)3/h5-10,12H,11H2,1-4H3,(H,22,27). The van der Waals surface area contributed by atoms with Crippen LogP contribution in [0.15, 0.2) is 36.4 Å². The predicted octanol–water partition coefficient (Wildman–Crippen LogP) is 3.68. The van der Waals surface area contributed by atoms with Gasteiger partial charge < -0.3 is 10.2 Å². The Morgan fingerprint density at radius 2 is 1.96 bits per heavy atom. The van der Waals surface area contributed by atoms with Crippen molar-refractivity contribution in [2.75, 3.05) is 18.9 Å². The molecule has 0 radical (unpaired) electrons. The van der Waals surface area contributed by atoms with Crippen LogP contribution in [-0.4, -0.2) is 45.3 Å². The fourth-order valence-corrected chi connectivity index (χ4v) is 3.15. The number of fused-ring (bicyclic) bond motifs is 1. The average Bonchev–Trinajstić information content (AvgIpc) is 3.06. The van der Waals surface area contributed by atoms with Crippen molar-refractivity contribution in [3.63, 3.8) is 0 Å². The van der Waals surface area contributed by atoms with E-state index in [-0.39, 0.29) is 24.4 Å². The summed E-state index contributed by atoms with van der Waals surface area (Å²) in [6.07, 6.45) is 0. The van der Waals surface area contributed by atoms with Crippen molar-refractivity contribution in [2.24, 2.45) is 0 Å². The van der Waals surface area contributed by atoms with Crippen LogP contribution in [-0.2, 0) is 4.79 Å². The normalized spacial score (nSPS) is 11.1. The molecule has 0 atom stereocenters. The number of hydrogen-bond donors (Lipinski definition) is 1. The predicted molar refractivity (Wildman–Crippen MR) is 110 cm³/mol. The molecule has 0 fully saturated rings. The number of rotatable bonds is 5. The molecule has 0 aliphatic carbocycles. The van der Waals surface area contributed by atoms with Gasteiger partial charge in [0.2, 0.25) is 5.91 Å². The molecule has 0 saturated carbocycles. The van der Waals surface area contributed by atoms with E-state index >= 15 is 0 Å². The number of nitrogens with zero attached hydrogens (tertiary/aromatic N) is 4. The number of hydrogen-bond acceptors (Lipinski definition) is 4. The maximum Gasteiger partial charge on any atom is 0.254 e. The lowest BCUT2D eigenvalue weighted by molar-refractivity contribution is -0.116. The Morgan fingerprint density at radius 1 is 1.21 bits per heavy atom. The summed E-state index contributed by atoms with van der Waals surface area (Å²) >= 11 is 5.93. The number of likely N-dealkylation sites (N-methyl/N-ethyl adjacent to an activating group) is 1. The van der Waals surface area contributed by atoms with Crippen LogP contribution in [0, 0.1) is 6.92 Å². The van der Waals surface area contributed by atoms with E-state index < -0.39 is 0 Å². The quantitative estimate of drug-likeness (QED) is 0.709. The number of carbonyl (C=O) groups excluding carboxylic acids is 2. The number of anilines is 1. The maximum atomic E-state index is 12.7. The minimum atomic E-state index is -0.284. The Kier molecular flexibility index (Phi) is 5.65. The molecule has 1 N–H and O–H groups in total. The van der Waals surface area contributed by atoms with Gasteiger partial charge in [0, 0.05) is 29.4 Å². The number of aryl methyl sites for hydroxylation is 1. The number of amides is 2. The van der Waals surface area contributed by atoms with Gasteiger partial charge in [-0.25, -0.2) is 4.68 Å². The molecule has 1 aromatic heterocycles. The van der Waals surface area contributed by atoms with Crippen molar-refractivity contribution >= 4 is 40.1 Å². The SMILES string of the molecule is Cc1cc(Cl)ccc1NC(=O)CN(C)C(=O)c1ccc2c(c1)nnn2C(C)C. The van der Waals surface area contributed by atoms with E-state index in [1.54, 1.807) is 42.1 Å². The highest BCUT2D eigenvalue weighted by molar-refractivity contribution is 6.30. The van der Waals surface area contributed by atoms with Gasteiger partial charge in [0.25, 0.3) is 5.91 Å². The smallest absolute Gasteiger partial charge is 0.254 e. The van der Waals surface area contributed by atoms with Gasteiger partial charge in [-0.05, 0) is 62.7 Å². The van der Waals surface area contributed by atoms with Gasteiger partial charge in [-0.3, -0.25) is 9.59 Å². The lowest BCUT2D eigenvalue weighted by atomic mass is 10.1. The third-order valence-electron chi connectivity index (χ3n) is 4.40. The molecule has 28 heavy (non-hydrogen) atoms. The minimum Gasteiger partial charge on any atom is -0.332 e. The zero-order valence-corrected chi connectivity index (χ0v) is 17.0. The first-order valence-corrected chi connectivity index (χ1v) is 9.30. The fraction of sp³-hybridized carbons (Fsp3) is 0.300. The third-order valence-corrected chi connectivity index (χ3v) is 4.63. The van der Waals surface area contributed by atoms with Crippen LogP contribution in [0.4, 0.5) is 5.69 Å². The number of benzene rings is 2. The van der Waals surface area contributed by atoms with E-state index in [0.717, 1.165) is 11.1 Å². The molecule has 146 valence electrons. The van der Waals surface area contributed by atoms with Gasteiger partial charge in [-0.15, -0.1) is 5.10 Å². The van der Waals surface area contributed by atoms with Crippen molar-refractivity contribution in [2.45, 2.75) is 26.8 Å². The Hall–Kier alpha value is -2.93. The monoisotopic (exact) mass is 399 g/mol. The van der Waals surface area contributed by atoms with E-state index in [4.69, 9.17) is 11.6 Å². The molecular weight excluding hydrogens is 378 g/mol. The first kappa shape index (κ1) is 19.8. The molecule has 0 aliphatic heterocycles. The average molecular weight is 400 g/mol. The first-order chi connectivity index (χ1) is 13.3. The molecule has 0 saturated heterocycles. The van der Waals surface area contributed by atoms with Crippen LogP contribution in [0.25, 0.3) is 11.0 Å². The topological polar surface area (TPSA) is 80.1 Å². The van der Waals surface area contributed by atoms with E-state index in [1.165, 1.54) is 4.90 Å². The van der Waals surface area contributed by atoms with Gasteiger partial charge in [-0.1, -0.05) is 16.8 Å². The van der Waals surface area contributed by atoms with Gasteiger partial charge in [-0.2, -0.15) is 0 Å². The molecule has 0 aliphatic rings. The van der Waals surface area contributed by atoms with Crippen molar-refractivity contribution in [1.82, 2.24) is 19.9 Å². The van der Waals surface area contributed by atoms with Gasteiger partial charge in [0.05, 0.1) is 12.1 Å². The number of nitrogens with one attached hydrogen (secondary N) is 1. The Balaban J connectivity index is 1.70. The van der Waals surface area contributed by atoms with Crippen molar-refractivity contribution in [3.8, 4) is 0 Å². The summed E-state index contributed by atoms with van der Waals surface area (Å²) in [5.41, 5.74) is 3.50. The molecule has 7 nitrogen and oxygen atoms in total.